The molecule has 3 rings (SSSR count). The summed E-state index contributed by atoms with van der Waals surface area (Å²) in [5.41, 5.74) is 0.539. The van der Waals surface area contributed by atoms with Gasteiger partial charge in [0, 0.05) is 11.4 Å². The Kier molecular flexibility index (Phi) is 3.60. The van der Waals surface area contributed by atoms with Crippen LogP contribution in [0, 0.1) is 0 Å². The number of rotatable bonds is 4. The van der Waals surface area contributed by atoms with Gasteiger partial charge in [-0.3, -0.25) is 14.2 Å². The van der Waals surface area contributed by atoms with Gasteiger partial charge in [-0.1, -0.05) is 23.7 Å². The van der Waals surface area contributed by atoms with Gasteiger partial charge in [0.05, 0.1) is 0 Å². The lowest BCUT2D eigenvalue weighted by Crippen LogP contribution is -2.30. The van der Waals surface area contributed by atoms with Crippen LogP contribution in [0.3, 0.4) is 0 Å². The van der Waals surface area contributed by atoms with Crippen molar-refractivity contribution in [1.82, 2.24) is 24.4 Å². The minimum atomic E-state index is -1.14. The zero-order chi connectivity index (χ0) is 15.7. The largest absolute Gasteiger partial charge is 0.480 e. The van der Waals surface area contributed by atoms with Gasteiger partial charge in [-0.25, -0.2) is 0 Å². The average Bonchev–Trinajstić information content (AvgIpc) is 2.93. The third kappa shape index (κ3) is 2.68. The Morgan fingerprint density at radius 2 is 2.00 bits per heavy atom. The highest BCUT2D eigenvalue weighted by molar-refractivity contribution is 6.30. The smallest absolute Gasteiger partial charge is 0.323 e. The predicted octanol–water partition coefficient (Wildman–Crippen LogP) is 0.615. The molecule has 0 radical (unpaired) electrons. The molecular formula is C13H10ClN5O3. The number of carboxylic acids is 1. The van der Waals surface area contributed by atoms with Crippen LogP contribution in [0.2, 0.25) is 5.02 Å². The second-order valence-corrected chi connectivity index (χ2v) is 5.05. The Morgan fingerprint density at radius 3 is 2.68 bits per heavy atom. The molecule has 8 nitrogen and oxygen atoms in total. The molecule has 0 saturated heterocycles. The molecule has 3 aromatic rings. The van der Waals surface area contributed by atoms with Crippen LogP contribution < -0.4 is 5.56 Å². The minimum absolute atomic E-state index is 0.0901. The second-order valence-electron chi connectivity index (χ2n) is 4.61. The summed E-state index contributed by atoms with van der Waals surface area (Å²) in [5.74, 6) is -1.05. The standard InChI is InChI=1S/C13H10ClN5O3/c14-9-3-1-8(2-4-9)5-10-12(22)18(6-11(20)21)13-16-15-7-19(13)17-10/h1-4,7H,5-6H2,(H,20,21). The van der Waals surface area contributed by atoms with Gasteiger partial charge in [0.15, 0.2) is 0 Å². The van der Waals surface area contributed by atoms with Crippen molar-refractivity contribution in [3.8, 4) is 0 Å². The summed E-state index contributed by atoms with van der Waals surface area (Å²) >= 11 is 5.82. The molecule has 0 aliphatic rings. The Morgan fingerprint density at radius 1 is 1.27 bits per heavy atom. The highest BCUT2D eigenvalue weighted by Gasteiger charge is 2.15. The molecule has 1 N–H and O–H groups in total. The fourth-order valence-corrected chi connectivity index (χ4v) is 2.20. The van der Waals surface area contributed by atoms with E-state index in [2.05, 4.69) is 15.3 Å². The first-order chi connectivity index (χ1) is 10.5. The van der Waals surface area contributed by atoms with E-state index in [1.807, 2.05) is 0 Å². The Hall–Kier alpha value is -2.74. The maximum atomic E-state index is 12.4. The van der Waals surface area contributed by atoms with Crippen LogP contribution >= 0.6 is 11.6 Å². The molecule has 0 atom stereocenters. The van der Waals surface area contributed by atoms with E-state index < -0.39 is 18.1 Å². The molecule has 0 aliphatic heterocycles. The van der Waals surface area contributed by atoms with Crippen LogP contribution in [0.4, 0.5) is 0 Å². The molecule has 2 aromatic heterocycles. The van der Waals surface area contributed by atoms with Gasteiger partial charge < -0.3 is 5.11 Å². The maximum Gasteiger partial charge on any atom is 0.323 e. The number of aromatic nitrogens is 5. The first-order valence-electron chi connectivity index (χ1n) is 6.30. The molecule has 0 aliphatic carbocycles. The summed E-state index contributed by atoms with van der Waals surface area (Å²) in [4.78, 5) is 23.4. The van der Waals surface area contributed by atoms with Gasteiger partial charge >= 0.3 is 5.97 Å². The van der Waals surface area contributed by atoms with Crippen molar-refractivity contribution >= 4 is 23.3 Å². The Labute approximate surface area is 128 Å². The molecule has 0 saturated carbocycles. The molecule has 2 heterocycles. The molecule has 1 aromatic carbocycles. The van der Waals surface area contributed by atoms with E-state index in [0.29, 0.717) is 5.02 Å². The van der Waals surface area contributed by atoms with Crippen molar-refractivity contribution in [2.24, 2.45) is 0 Å². The number of carboxylic acid groups (broad SMARTS) is 1. The number of benzene rings is 1. The lowest BCUT2D eigenvalue weighted by molar-refractivity contribution is -0.137. The maximum absolute atomic E-state index is 12.4. The third-order valence-corrected chi connectivity index (χ3v) is 3.31. The van der Waals surface area contributed by atoms with Crippen molar-refractivity contribution in [1.29, 1.82) is 0 Å². The minimum Gasteiger partial charge on any atom is -0.480 e. The molecule has 112 valence electrons. The number of halogens is 1. The van der Waals surface area contributed by atoms with Gasteiger partial charge in [-0.2, -0.15) is 9.61 Å². The summed E-state index contributed by atoms with van der Waals surface area (Å²) in [6.07, 6.45) is 1.57. The van der Waals surface area contributed by atoms with E-state index in [1.165, 1.54) is 10.8 Å². The average molecular weight is 320 g/mol. The van der Waals surface area contributed by atoms with Crippen LogP contribution in [-0.2, 0) is 17.8 Å². The highest BCUT2D eigenvalue weighted by Crippen LogP contribution is 2.11. The van der Waals surface area contributed by atoms with Crippen LogP contribution in [-0.4, -0.2) is 35.5 Å². The predicted molar refractivity (Wildman–Crippen MR) is 76.9 cm³/mol. The summed E-state index contributed by atoms with van der Waals surface area (Å²) in [7, 11) is 0. The highest BCUT2D eigenvalue weighted by atomic mass is 35.5. The van der Waals surface area contributed by atoms with Crippen molar-refractivity contribution in [3.05, 3.63) is 57.2 Å². The van der Waals surface area contributed by atoms with E-state index in [-0.39, 0.29) is 17.9 Å². The molecule has 0 unspecified atom stereocenters. The van der Waals surface area contributed by atoms with Crippen LogP contribution in [0.1, 0.15) is 11.3 Å². The van der Waals surface area contributed by atoms with Crippen molar-refractivity contribution in [3.63, 3.8) is 0 Å². The van der Waals surface area contributed by atoms with E-state index in [1.54, 1.807) is 24.3 Å². The van der Waals surface area contributed by atoms with E-state index in [0.717, 1.165) is 10.1 Å². The first-order valence-corrected chi connectivity index (χ1v) is 6.68. The molecule has 0 spiro atoms. The van der Waals surface area contributed by atoms with E-state index >= 15 is 0 Å². The lowest BCUT2D eigenvalue weighted by atomic mass is 10.1. The van der Waals surface area contributed by atoms with Crippen LogP contribution in [0.25, 0.3) is 5.78 Å². The molecule has 0 amide bonds. The quantitative estimate of drug-likeness (QED) is 0.756. The Bertz CT molecular complexity index is 900. The van der Waals surface area contributed by atoms with E-state index in [4.69, 9.17) is 16.7 Å². The van der Waals surface area contributed by atoms with Crippen LogP contribution in [0.15, 0.2) is 35.4 Å². The second kappa shape index (κ2) is 5.57. The van der Waals surface area contributed by atoms with Gasteiger partial charge in [-0.05, 0) is 17.7 Å². The third-order valence-electron chi connectivity index (χ3n) is 3.05. The summed E-state index contributed by atoms with van der Waals surface area (Å²) in [6.45, 7) is -0.503. The molecule has 0 fully saturated rings. The van der Waals surface area contributed by atoms with E-state index in [9.17, 15) is 9.59 Å². The van der Waals surface area contributed by atoms with Gasteiger partial charge in [0.2, 0.25) is 0 Å². The molecule has 9 heteroatoms. The van der Waals surface area contributed by atoms with Gasteiger partial charge in [0.25, 0.3) is 11.3 Å². The topological polar surface area (TPSA) is 102 Å². The number of nitrogens with zero attached hydrogens (tertiary/aromatic N) is 5. The number of hydrogen-bond donors (Lipinski definition) is 1. The van der Waals surface area contributed by atoms with Gasteiger partial charge in [-0.15, -0.1) is 10.2 Å². The molecular weight excluding hydrogens is 310 g/mol. The number of hydrogen-bond acceptors (Lipinski definition) is 5. The summed E-state index contributed by atoms with van der Waals surface area (Å²) in [5, 5.41) is 21.1. The SMILES string of the molecule is O=C(O)Cn1c(=O)c(Cc2ccc(Cl)cc2)nn2cnnc12. The molecule has 22 heavy (non-hydrogen) atoms. The normalized spacial score (nSPS) is 11.0. The number of fused-ring (bicyclic) bond motifs is 1. The first kappa shape index (κ1) is 14.2. The van der Waals surface area contributed by atoms with Crippen molar-refractivity contribution in [2.75, 3.05) is 0 Å². The summed E-state index contributed by atoms with van der Waals surface area (Å²) in [6, 6.07) is 6.98. The Balaban J connectivity index is 2.09. The van der Waals surface area contributed by atoms with Crippen molar-refractivity contribution in [2.45, 2.75) is 13.0 Å². The number of aliphatic carboxylic acids is 1. The van der Waals surface area contributed by atoms with Crippen molar-refractivity contribution < 1.29 is 9.90 Å². The van der Waals surface area contributed by atoms with Gasteiger partial charge in [0.1, 0.15) is 18.6 Å². The fourth-order valence-electron chi connectivity index (χ4n) is 2.08. The van der Waals surface area contributed by atoms with Crippen LogP contribution in [0.5, 0.6) is 0 Å². The molecule has 0 bridgehead atoms. The zero-order valence-electron chi connectivity index (χ0n) is 11.2. The fraction of sp³-hybridized carbons (Fsp3) is 0.154. The zero-order valence-corrected chi connectivity index (χ0v) is 11.9. The monoisotopic (exact) mass is 319 g/mol. The summed E-state index contributed by atoms with van der Waals surface area (Å²) < 4.78 is 2.32. The number of carbonyl (C=O) groups is 1. The lowest BCUT2D eigenvalue weighted by Gasteiger charge is -2.07.